The van der Waals surface area contributed by atoms with E-state index in [4.69, 9.17) is 9.47 Å². The molecule has 2 aromatic carbocycles. The van der Waals surface area contributed by atoms with Crippen LogP contribution < -0.4 is 10.1 Å². The molecule has 1 aliphatic rings. The van der Waals surface area contributed by atoms with Gasteiger partial charge in [0, 0.05) is 30.9 Å². The van der Waals surface area contributed by atoms with Crippen LogP contribution in [-0.4, -0.2) is 43.7 Å². The van der Waals surface area contributed by atoms with Gasteiger partial charge in [0.15, 0.2) is 0 Å². The molecule has 0 saturated carbocycles. The van der Waals surface area contributed by atoms with E-state index in [0.29, 0.717) is 18.1 Å². The van der Waals surface area contributed by atoms with Crippen molar-refractivity contribution < 1.29 is 14.3 Å². The Kier molecular flexibility index (Phi) is 6.85. The maximum atomic E-state index is 12.4. The van der Waals surface area contributed by atoms with Gasteiger partial charge in [-0.1, -0.05) is 26.0 Å². The number of carbonyl (C=O) groups excluding carboxylic acids is 1. The topological polar surface area (TPSA) is 50.8 Å². The van der Waals surface area contributed by atoms with Crippen LogP contribution in [0.3, 0.4) is 0 Å². The van der Waals surface area contributed by atoms with Crippen molar-refractivity contribution in [2.45, 2.75) is 20.4 Å². The summed E-state index contributed by atoms with van der Waals surface area (Å²) in [6, 6.07) is 15.3. The number of hydrogen-bond acceptors (Lipinski definition) is 4. The van der Waals surface area contributed by atoms with Crippen molar-refractivity contribution in [1.29, 1.82) is 0 Å². The van der Waals surface area contributed by atoms with E-state index in [1.807, 2.05) is 24.3 Å². The molecule has 1 aliphatic heterocycles. The van der Waals surface area contributed by atoms with E-state index < -0.39 is 0 Å². The van der Waals surface area contributed by atoms with Crippen LogP contribution in [0.2, 0.25) is 0 Å². The zero-order valence-electron chi connectivity index (χ0n) is 16.1. The molecule has 2 aromatic rings. The second-order valence-corrected chi connectivity index (χ2v) is 7.27. The smallest absolute Gasteiger partial charge is 0.255 e. The van der Waals surface area contributed by atoms with Crippen molar-refractivity contribution >= 4 is 11.6 Å². The van der Waals surface area contributed by atoms with E-state index in [1.54, 1.807) is 12.1 Å². The normalized spacial score (nSPS) is 14.9. The first-order valence-electron chi connectivity index (χ1n) is 9.53. The summed E-state index contributed by atoms with van der Waals surface area (Å²) in [6.45, 7) is 9.33. The van der Waals surface area contributed by atoms with Crippen LogP contribution in [0.15, 0.2) is 48.5 Å². The van der Waals surface area contributed by atoms with Gasteiger partial charge >= 0.3 is 0 Å². The van der Waals surface area contributed by atoms with Gasteiger partial charge in [-0.25, -0.2) is 0 Å². The summed E-state index contributed by atoms with van der Waals surface area (Å²) in [5, 5.41) is 2.95. The number of morpholine rings is 1. The largest absolute Gasteiger partial charge is 0.493 e. The fraction of sp³-hybridized carbons (Fsp3) is 0.409. The highest BCUT2D eigenvalue weighted by Gasteiger charge is 2.11. The summed E-state index contributed by atoms with van der Waals surface area (Å²) in [5.74, 6) is 1.14. The minimum Gasteiger partial charge on any atom is -0.493 e. The van der Waals surface area contributed by atoms with Crippen molar-refractivity contribution in [2.24, 2.45) is 5.92 Å². The Labute approximate surface area is 161 Å². The number of nitrogens with one attached hydrogen (secondary N) is 1. The molecule has 0 atom stereocenters. The SMILES string of the molecule is CC(C)COc1ccc(C(=O)Nc2ccc(CN3CCOCC3)cc2)cc1. The first-order chi connectivity index (χ1) is 13.1. The third-order valence-corrected chi connectivity index (χ3v) is 4.42. The van der Waals surface area contributed by atoms with E-state index in [0.717, 1.165) is 44.3 Å². The summed E-state index contributed by atoms with van der Waals surface area (Å²) in [6.07, 6.45) is 0. The van der Waals surface area contributed by atoms with Crippen molar-refractivity contribution in [3.8, 4) is 5.75 Å². The maximum absolute atomic E-state index is 12.4. The summed E-state index contributed by atoms with van der Waals surface area (Å²) < 4.78 is 11.0. The van der Waals surface area contributed by atoms with E-state index in [-0.39, 0.29) is 5.91 Å². The molecule has 5 heteroatoms. The van der Waals surface area contributed by atoms with Gasteiger partial charge < -0.3 is 14.8 Å². The predicted octanol–water partition coefficient (Wildman–Crippen LogP) is 3.81. The van der Waals surface area contributed by atoms with Crippen LogP contribution in [0, 0.1) is 5.92 Å². The summed E-state index contributed by atoms with van der Waals surface area (Å²) >= 11 is 0. The van der Waals surface area contributed by atoms with Gasteiger partial charge in [-0.3, -0.25) is 9.69 Å². The molecule has 0 aliphatic carbocycles. The molecule has 1 heterocycles. The van der Waals surface area contributed by atoms with E-state index in [2.05, 4.69) is 36.2 Å². The number of carbonyl (C=O) groups is 1. The first kappa shape index (κ1) is 19.4. The number of hydrogen-bond donors (Lipinski definition) is 1. The Balaban J connectivity index is 1.52. The number of anilines is 1. The van der Waals surface area contributed by atoms with Gasteiger partial charge in [0.2, 0.25) is 0 Å². The van der Waals surface area contributed by atoms with Crippen molar-refractivity contribution in [1.82, 2.24) is 4.90 Å². The van der Waals surface area contributed by atoms with Crippen LogP contribution in [0.5, 0.6) is 5.75 Å². The van der Waals surface area contributed by atoms with Gasteiger partial charge in [-0.15, -0.1) is 0 Å². The Morgan fingerprint density at radius 3 is 2.37 bits per heavy atom. The molecular weight excluding hydrogens is 340 g/mol. The van der Waals surface area contributed by atoms with Crippen molar-refractivity contribution in [3.63, 3.8) is 0 Å². The molecule has 0 radical (unpaired) electrons. The molecule has 3 rings (SSSR count). The fourth-order valence-electron chi connectivity index (χ4n) is 2.88. The molecule has 5 nitrogen and oxygen atoms in total. The molecule has 1 saturated heterocycles. The third-order valence-electron chi connectivity index (χ3n) is 4.42. The quantitative estimate of drug-likeness (QED) is 0.807. The van der Waals surface area contributed by atoms with E-state index in [9.17, 15) is 4.79 Å². The van der Waals surface area contributed by atoms with Crippen LogP contribution in [0.4, 0.5) is 5.69 Å². The zero-order chi connectivity index (χ0) is 19.1. The highest BCUT2D eigenvalue weighted by Crippen LogP contribution is 2.16. The van der Waals surface area contributed by atoms with Crippen LogP contribution >= 0.6 is 0 Å². The molecule has 27 heavy (non-hydrogen) atoms. The number of rotatable bonds is 7. The Bertz CT molecular complexity index is 720. The first-order valence-corrected chi connectivity index (χ1v) is 9.53. The Hall–Kier alpha value is -2.37. The summed E-state index contributed by atoms with van der Waals surface area (Å²) in [7, 11) is 0. The second kappa shape index (κ2) is 9.53. The van der Waals surface area contributed by atoms with Crippen LogP contribution in [-0.2, 0) is 11.3 Å². The lowest BCUT2D eigenvalue weighted by molar-refractivity contribution is 0.0342. The molecule has 144 valence electrons. The standard InChI is InChI=1S/C22H28N2O3/c1-17(2)16-27-21-9-5-19(6-10-21)22(25)23-20-7-3-18(4-8-20)15-24-11-13-26-14-12-24/h3-10,17H,11-16H2,1-2H3,(H,23,25). The average molecular weight is 368 g/mol. The second-order valence-electron chi connectivity index (χ2n) is 7.27. The monoisotopic (exact) mass is 368 g/mol. The summed E-state index contributed by atoms with van der Waals surface area (Å²) in [5.41, 5.74) is 2.65. The van der Waals surface area contributed by atoms with Gasteiger partial charge in [0.25, 0.3) is 5.91 Å². The molecule has 0 bridgehead atoms. The number of amides is 1. The lowest BCUT2D eigenvalue weighted by Gasteiger charge is -2.26. The summed E-state index contributed by atoms with van der Waals surface area (Å²) in [4.78, 5) is 14.8. The molecular formula is C22H28N2O3. The van der Waals surface area contributed by atoms with E-state index in [1.165, 1.54) is 5.56 Å². The minimum atomic E-state index is -0.119. The van der Waals surface area contributed by atoms with Gasteiger partial charge in [-0.2, -0.15) is 0 Å². The molecule has 1 fully saturated rings. The molecule has 0 unspecified atom stereocenters. The number of ether oxygens (including phenoxy) is 2. The molecule has 1 N–H and O–H groups in total. The Morgan fingerprint density at radius 1 is 1.07 bits per heavy atom. The van der Waals surface area contributed by atoms with Gasteiger partial charge in [0.1, 0.15) is 5.75 Å². The molecule has 0 aromatic heterocycles. The van der Waals surface area contributed by atoms with E-state index >= 15 is 0 Å². The van der Waals surface area contributed by atoms with Crippen molar-refractivity contribution in [3.05, 3.63) is 59.7 Å². The Morgan fingerprint density at radius 2 is 1.74 bits per heavy atom. The van der Waals surface area contributed by atoms with Gasteiger partial charge in [-0.05, 0) is 47.9 Å². The maximum Gasteiger partial charge on any atom is 0.255 e. The molecule has 0 spiro atoms. The lowest BCUT2D eigenvalue weighted by Crippen LogP contribution is -2.35. The highest BCUT2D eigenvalue weighted by atomic mass is 16.5. The third kappa shape index (κ3) is 6.08. The fourth-order valence-corrected chi connectivity index (χ4v) is 2.88. The highest BCUT2D eigenvalue weighted by molar-refractivity contribution is 6.04. The number of nitrogens with zero attached hydrogens (tertiary/aromatic N) is 1. The van der Waals surface area contributed by atoms with Crippen LogP contribution in [0.25, 0.3) is 0 Å². The zero-order valence-corrected chi connectivity index (χ0v) is 16.1. The van der Waals surface area contributed by atoms with Gasteiger partial charge in [0.05, 0.1) is 19.8 Å². The lowest BCUT2D eigenvalue weighted by atomic mass is 10.1. The van der Waals surface area contributed by atoms with Crippen molar-refractivity contribution in [2.75, 3.05) is 38.2 Å². The average Bonchev–Trinajstić information content (AvgIpc) is 2.69. The predicted molar refractivity (Wildman–Crippen MR) is 107 cm³/mol. The minimum absolute atomic E-state index is 0.119. The number of benzene rings is 2. The van der Waals surface area contributed by atoms with Crippen LogP contribution in [0.1, 0.15) is 29.8 Å². The molecule has 1 amide bonds.